The van der Waals surface area contributed by atoms with Gasteiger partial charge < -0.3 is 0 Å². The van der Waals surface area contributed by atoms with Crippen molar-refractivity contribution in [1.82, 2.24) is 4.72 Å². The predicted octanol–water partition coefficient (Wildman–Crippen LogP) is 2.52. The highest BCUT2D eigenvalue weighted by Crippen LogP contribution is 2.28. The lowest BCUT2D eigenvalue weighted by atomic mass is 9.99. The van der Waals surface area contributed by atoms with E-state index in [1.807, 2.05) is 0 Å². The van der Waals surface area contributed by atoms with Gasteiger partial charge in [-0.2, -0.15) is 21.7 Å². The summed E-state index contributed by atoms with van der Waals surface area (Å²) in [6, 6.07) is 8.52. The van der Waals surface area contributed by atoms with Crippen LogP contribution < -0.4 is 4.72 Å². The minimum atomic E-state index is -3.65. The maximum absolute atomic E-state index is 12.3. The molecule has 1 fully saturated rings. The number of nitriles is 1. The van der Waals surface area contributed by atoms with Gasteiger partial charge in [0.25, 0.3) is 0 Å². The Hall–Kier alpha value is -0.550. The quantitative estimate of drug-likeness (QED) is 0.898. The smallest absolute Gasteiger partial charge is 0.207 e. The van der Waals surface area contributed by atoms with Gasteiger partial charge in [-0.25, -0.2) is 8.42 Å². The summed E-state index contributed by atoms with van der Waals surface area (Å²) in [5, 5.41) is 9.30. The van der Waals surface area contributed by atoms with Crippen LogP contribution in [0.4, 0.5) is 0 Å². The molecule has 1 aliphatic rings. The first-order valence-corrected chi connectivity index (χ1v) is 9.19. The normalized spacial score (nSPS) is 23.8. The Balaban J connectivity index is 2.25. The van der Waals surface area contributed by atoms with E-state index in [0.717, 1.165) is 16.6 Å². The molecule has 19 heavy (non-hydrogen) atoms. The lowest BCUT2D eigenvalue weighted by molar-refractivity contribution is 0.472. The van der Waals surface area contributed by atoms with E-state index in [4.69, 9.17) is 0 Å². The molecule has 0 radical (unpaired) electrons. The monoisotopic (exact) mass is 360 g/mol. The third-order valence-corrected chi connectivity index (χ3v) is 6.26. The average Bonchev–Trinajstić information content (AvgIpc) is 2.40. The van der Waals surface area contributed by atoms with E-state index in [1.165, 1.54) is 12.1 Å². The van der Waals surface area contributed by atoms with E-state index in [-0.39, 0.29) is 4.90 Å². The Morgan fingerprint density at radius 1 is 1.37 bits per heavy atom. The standard InChI is InChI=1S/C12H13BrN2O2S2/c13-10-2-4-11(5-3-10)19(16,17)15-12(8-14)6-1-7-18-9-12/h2-5,15H,1,6-7,9H2/t12-/m0/s1. The molecule has 0 amide bonds. The molecule has 4 nitrogen and oxygen atoms in total. The summed E-state index contributed by atoms with van der Waals surface area (Å²) >= 11 is 4.87. The number of nitrogens with zero attached hydrogens (tertiary/aromatic N) is 1. The van der Waals surface area contributed by atoms with Crippen molar-refractivity contribution < 1.29 is 8.42 Å². The van der Waals surface area contributed by atoms with Gasteiger partial charge in [-0.3, -0.25) is 0 Å². The zero-order valence-electron chi connectivity index (χ0n) is 10.1. The second kappa shape index (κ2) is 5.83. The highest BCUT2D eigenvalue weighted by molar-refractivity contribution is 9.10. The molecular formula is C12H13BrN2O2S2. The Morgan fingerprint density at radius 3 is 2.58 bits per heavy atom. The van der Waals surface area contributed by atoms with E-state index in [0.29, 0.717) is 12.2 Å². The number of thioether (sulfide) groups is 1. The first-order chi connectivity index (χ1) is 8.97. The number of benzene rings is 1. The fourth-order valence-corrected chi connectivity index (χ4v) is 4.74. The van der Waals surface area contributed by atoms with Gasteiger partial charge in [0.2, 0.25) is 10.0 Å². The molecule has 0 spiro atoms. The third-order valence-electron chi connectivity index (χ3n) is 2.91. The van der Waals surface area contributed by atoms with Crippen molar-refractivity contribution in [3.05, 3.63) is 28.7 Å². The van der Waals surface area contributed by atoms with Gasteiger partial charge in [-0.05, 0) is 42.9 Å². The van der Waals surface area contributed by atoms with E-state index >= 15 is 0 Å². The molecule has 2 rings (SSSR count). The summed E-state index contributed by atoms with van der Waals surface area (Å²) in [7, 11) is -3.65. The van der Waals surface area contributed by atoms with Crippen LogP contribution in [0.15, 0.2) is 33.6 Å². The maximum Gasteiger partial charge on any atom is 0.241 e. The Kier molecular flexibility index (Phi) is 4.56. The lowest BCUT2D eigenvalue weighted by Crippen LogP contribution is -2.50. The highest BCUT2D eigenvalue weighted by atomic mass is 79.9. The minimum Gasteiger partial charge on any atom is -0.207 e. The molecule has 0 unspecified atom stereocenters. The van der Waals surface area contributed by atoms with Crippen LogP contribution in [0, 0.1) is 11.3 Å². The Bertz CT molecular complexity index is 587. The third kappa shape index (κ3) is 3.51. The molecule has 1 aromatic rings. The van der Waals surface area contributed by atoms with Crippen LogP contribution >= 0.6 is 27.7 Å². The summed E-state index contributed by atoms with van der Waals surface area (Å²) in [4.78, 5) is 0.181. The summed E-state index contributed by atoms with van der Waals surface area (Å²) < 4.78 is 28.0. The number of nitrogens with one attached hydrogen (secondary N) is 1. The topological polar surface area (TPSA) is 70.0 Å². The van der Waals surface area contributed by atoms with Gasteiger partial charge in [-0.1, -0.05) is 15.9 Å². The molecule has 1 N–H and O–H groups in total. The molecule has 0 aliphatic carbocycles. The second-order valence-corrected chi connectivity index (χ2v) is 8.11. The van der Waals surface area contributed by atoms with Crippen LogP contribution in [0.25, 0.3) is 0 Å². The fraction of sp³-hybridized carbons (Fsp3) is 0.417. The van der Waals surface area contributed by atoms with Gasteiger partial charge in [0.1, 0.15) is 5.54 Å². The van der Waals surface area contributed by atoms with Crippen molar-refractivity contribution in [2.45, 2.75) is 23.3 Å². The number of hydrogen-bond acceptors (Lipinski definition) is 4. The van der Waals surface area contributed by atoms with Gasteiger partial charge in [0.05, 0.1) is 11.0 Å². The Morgan fingerprint density at radius 2 is 2.05 bits per heavy atom. The van der Waals surface area contributed by atoms with E-state index in [1.54, 1.807) is 23.9 Å². The number of hydrogen-bond donors (Lipinski definition) is 1. The van der Waals surface area contributed by atoms with Crippen molar-refractivity contribution in [3.63, 3.8) is 0 Å². The molecule has 1 atom stereocenters. The van der Waals surface area contributed by atoms with Gasteiger partial charge in [0.15, 0.2) is 0 Å². The van der Waals surface area contributed by atoms with Crippen LogP contribution in [-0.4, -0.2) is 25.5 Å². The fourth-order valence-electron chi connectivity index (χ4n) is 1.92. The highest BCUT2D eigenvalue weighted by Gasteiger charge is 2.37. The average molecular weight is 361 g/mol. The van der Waals surface area contributed by atoms with Crippen LogP contribution in [0.3, 0.4) is 0 Å². The maximum atomic E-state index is 12.3. The largest absolute Gasteiger partial charge is 0.241 e. The predicted molar refractivity (Wildman–Crippen MR) is 79.4 cm³/mol. The summed E-state index contributed by atoms with van der Waals surface area (Å²) in [6.45, 7) is 0. The zero-order valence-corrected chi connectivity index (χ0v) is 13.3. The minimum absolute atomic E-state index is 0.181. The van der Waals surface area contributed by atoms with E-state index < -0.39 is 15.6 Å². The molecule has 0 bridgehead atoms. The number of sulfonamides is 1. The van der Waals surface area contributed by atoms with Crippen molar-refractivity contribution in [2.75, 3.05) is 11.5 Å². The number of halogens is 1. The van der Waals surface area contributed by atoms with Crippen LogP contribution in [0.1, 0.15) is 12.8 Å². The number of rotatable bonds is 3. The zero-order chi connectivity index (χ0) is 13.9. The molecule has 0 aromatic heterocycles. The summed E-state index contributed by atoms with van der Waals surface area (Å²) in [5.74, 6) is 1.47. The summed E-state index contributed by atoms with van der Waals surface area (Å²) in [6.07, 6.45) is 1.41. The molecule has 0 saturated carbocycles. The Labute approximate surface area is 125 Å². The molecule has 1 heterocycles. The molecule has 1 aromatic carbocycles. The van der Waals surface area contributed by atoms with Crippen LogP contribution in [0.5, 0.6) is 0 Å². The van der Waals surface area contributed by atoms with Gasteiger partial charge >= 0.3 is 0 Å². The second-order valence-electron chi connectivity index (χ2n) is 4.41. The van der Waals surface area contributed by atoms with Crippen molar-refractivity contribution in [3.8, 4) is 6.07 Å². The lowest BCUT2D eigenvalue weighted by Gasteiger charge is -2.30. The van der Waals surface area contributed by atoms with Crippen LogP contribution in [-0.2, 0) is 10.0 Å². The first kappa shape index (κ1) is 14.9. The molecular weight excluding hydrogens is 348 g/mol. The van der Waals surface area contributed by atoms with E-state index in [9.17, 15) is 13.7 Å². The first-order valence-electron chi connectivity index (χ1n) is 5.76. The van der Waals surface area contributed by atoms with Gasteiger partial charge in [0, 0.05) is 10.2 Å². The molecule has 1 saturated heterocycles. The molecule has 1 aliphatic heterocycles. The van der Waals surface area contributed by atoms with Gasteiger partial charge in [-0.15, -0.1) is 0 Å². The summed E-state index contributed by atoms with van der Waals surface area (Å²) in [5.41, 5.74) is -0.977. The SMILES string of the molecule is N#C[C@@]1(NS(=O)(=O)c2ccc(Br)cc2)CCCSC1. The van der Waals surface area contributed by atoms with E-state index in [2.05, 4.69) is 26.7 Å². The van der Waals surface area contributed by atoms with Crippen LogP contribution in [0.2, 0.25) is 0 Å². The van der Waals surface area contributed by atoms with Crippen molar-refractivity contribution in [2.24, 2.45) is 0 Å². The molecule has 7 heteroatoms. The molecule has 102 valence electrons. The van der Waals surface area contributed by atoms with Crippen molar-refractivity contribution in [1.29, 1.82) is 5.26 Å². The van der Waals surface area contributed by atoms with Crippen molar-refractivity contribution >= 4 is 37.7 Å².